The van der Waals surface area contributed by atoms with Gasteiger partial charge in [0.2, 0.25) is 5.91 Å². The van der Waals surface area contributed by atoms with Gasteiger partial charge in [0.05, 0.1) is 11.9 Å². The first-order valence-electron chi connectivity index (χ1n) is 7.49. The molecule has 0 bridgehead atoms. The minimum atomic E-state index is -0.488. The Hall–Kier alpha value is -2.83. The van der Waals surface area contributed by atoms with Gasteiger partial charge >= 0.3 is 6.03 Å². The van der Waals surface area contributed by atoms with Crippen LogP contribution in [0.15, 0.2) is 42.7 Å². The molecule has 7 heteroatoms. The van der Waals surface area contributed by atoms with Crippen LogP contribution in [0.1, 0.15) is 24.8 Å². The van der Waals surface area contributed by atoms with E-state index < -0.39 is 5.91 Å². The first kappa shape index (κ1) is 16.5. The van der Waals surface area contributed by atoms with Gasteiger partial charge in [-0.1, -0.05) is 37.3 Å². The van der Waals surface area contributed by atoms with Crippen LogP contribution in [0.25, 0.3) is 0 Å². The van der Waals surface area contributed by atoms with Crippen LogP contribution in [0.2, 0.25) is 0 Å². The van der Waals surface area contributed by atoms with Crippen molar-refractivity contribution in [3.63, 3.8) is 0 Å². The Morgan fingerprint density at radius 3 is 2.70 bits per heavy atom. The molecule has 0 aliphatic rings. The number of hydrogen-bond donors (Lipinski definition) is 3. The zero-order valence-electron chi connectivity index (χ0n) is 13.0. The lowest BCUT2D eigenvalue weighted by Crippen LogP contribution is -2.32. The normalized spacial score (nSPS) is 11.7. The molecule has 1 unspecified atom stereocenters. The number of nitrogens with zero attached hydrogens (tertiary/aromatic N) is 2. The first-order chi connectivity index (χ1) is 11.1. The maximum Gasteiger partial charge on any atom is 0.319 e. The third-order valence-corrected chi connectivity index (χ3v) is 3.48. The van der Waals surface area contributed by atoms with E-state index in [0.717, 1.165) is 6.42 Å². The highest BCUT2D eigenvalue weighted by Gasteiger charge is 2.11. The molecule has 122 valence electrons. The highest BCUT2D eigenvalue weighted by Crippen LogP contribution is 2.17. The number of rotatable bonds is 7. The Kier molecular flexibility index (Phi) is 5.74. The van der Waals surface area contributed by atoms with Gasteiger partial charge in [-0.05, 0) is 12.0 Å². The van der Waals surface area contributed by atoms with Gasteiger partial charge in [0.15, 0.2) is 0 Å². The fourth-order valence-electron chi connectivity index (χ4n) is 2.29. The Morgan fingerprint density at radius 1 is 1.30 bits per heavy atom. The summed E-state index contributed by atoms with van der Waals surface area (Å²) < 4.78 is 1.37. The molecule has 0 aliphatic carbocycles. The molecule has 3 amide bonds. The SMILES string of the molecule is CCC(CNC(=O)Nc1cnn(CC(N)=O)c1)c1ccccc1. The van der Waals surface area contributed by atoms with Gasteiger partial charge in [-0.15, -0.1) is 0 Å². The Labute approximate surface area is 134 Å². The lowest BCUT2D eigenvalue weighted by atomic mass is 9.97. The van der Waals surface area contributed by atoms with Crippen molar-refractivity contribution < 1.29 is 9.59 Å². The lowest BCUT2D eigenvalue weighted by Gasteiger charge is -2.16. The van der Waals surface area contributed by atoms with Crippen LogP contribution in [0, 0.1) is 0 Å². The average Bonchev–Trinajstić information content (AvgIpc) is 2.95. The molecule has 2 rings (SSSR count). The van der Waals surface area contributed by atoms with E-state index in [1.54, 1.807) is 6.20 Å². The van der Waals surface area contributed by atoms with Gasteiger partial charge in [0.1, 0.15) is 6.54 Å². The van der Waals surface area contributed by atoms with E-state index in [2.05, 4.69) is 34.8 Å². The van der Waals surface area contributed by atoms with Crippen molar-refractivity contribution in [3.8, 4) is 0 Å². The number of nitrogens with one attached hydrogen (secondary N) is 2. The third-order valence-electron chi connectivity index (χ3n) is 3.48. The van der Waals surface area contributed by atoms with E-state index in [0.29, 0.717) is 12.2 Å². The van der Waals surface area contributed by atoms with Crippen molar-refractivity contribution in [1.82, 2.24) is 15.1 Å². The smallest absolute Gasteiger partial charge is 0.319 e. The van der Waals surface area contributed by atoms with Gasteiger partial charge in [0.25, 0.3) is 0 Å². The molecule has 4 N–H and O–H groups in total. The topological polar surface area (TPSA) is 102 Å². The van der Waals surface area contributed by atoms with Crippen molar-refractivity contribution in [1.29, 1.82) is 0 Å². The summed E-state index contributed by atoms with van der Waals surface area (Å²) in [6.07, 6.45) is 3.96. The van der Waals surface area contributed by atoms with E-state index in [-0.39, 0.29) is 18.5 Å². The Bertz CT molecular complexity index is 654. The first-order valence-corrected chi connectivity index (χ1v) is 7.49. The molecule has 0 radical (unpaired) electrons. The number of aromatic nitrogens is 2. The molecular weight excluding hydrogens is 294 g/mol. The number of anilines is 1. The summed E-state index contributed by atoms with van der Waals surface area (Å²) in [6.45, 7) is 2.61. The van der Waals surface area contributed by atoms with Gasteiger partial charge in [-0.25, -0.2) is 4.79 Å². The van der Waals surface area contributed by atoms with Crippen LogP contribution in [0.3, 0.4) is 0 Å². The Morgan fingerprint density at radius 2 is 2.04 bits per heavy atom. The molecule has 2 aromatic rings. The molecule has 23 heavy (non-hydrogen) atoms. The van der Waals surface area contributed by atoms with Crippen molar-refractivity contribution in [2.45, 2.75) is 25.8 Å². The summed E-state index contributed by atoms with van der Waals surface area (Å²) in [4.78, 5) is 22.8. The van der Waals surface area contributed by atoms with Crippen LogP contribution in [0.4, 0.5) is 10.5 Å². The predicted molar refractivity (Wildman–Crippen MR) is 87.9 cm³/mol. The zero-order valence-corrected chi connectivity index (χ0v) is 13.0. The number of nitrogens with two attached hydrogens (primary N) is 1. The highest BCUT2D eigenvalue weighted by atomic mass is 16.2. The molecule has 0 fully saturated rings. The quantitative estimate of drug-likeness (QED) is 0.724. The maximum atomic E-state index is 11.9. The van der Waals surface area contributed by atoms with Crippen molar-refractivity contribution >= 4 is 17.6 Å². The number of carbonyl (C=O) groups excluding carboxylic acids is 2. The third kappa shape index (κ3) is 5.14. The van der Waals surface area contributed by atoms with Gasteiger partial charge in [-0.3, -0.25) is 9.48 Å². The Balaban J connectivity index is 1.84. The van der Waals surface area contributed by atoms with Crippen LogP contribution >= 0.6 is 0 Å². The van der Waals surface area contributed by atoms with Crippen LogP contribution in [0.5, 0.6) is 0 Å². The van der Waals surface area contributed by atoms with E-state index >= 15 is 0 Å². The molecule has 0 saturated carbocycles. The molecule has 0 spiro atoms. The summed E-state index contributed by atoms with van der Waals surface area (Å²) >= 11 is 0. The van der Waals surface area contributed by atoms with E-state index in [1.165, 1.54) is 16.4 Å². The minimum Gasteiger partial charge on any atom is -0.368 e. The molecule has 1 atom stereocenters. The van der Waals surface area contributed by atoms with Crippen molar-refractivity contribution in [2.24, 2.45) is 5.73 Å². The van der Waals surface area contributed by atoms with Crippen molar-refractivity contribution in [2.75, 3.05) is 11.9 Å². The summed E-state index contributed by atoms with van der Waals surface area (Å²) in [5, 5.41) is 9.47. The molecule has 7 nitrogen and oxygen atoms in total. The number of hydrogen-bond acceptors (Lipinski definition) is 3. The molecular formula is C16H21N5O2. The average molecular weight is 315 g/mol. The lowest BCUT2D eigenvalue weighted by molar-refractivity contribution is -0.118. The fourth-order valence-corrected chi connectivity index (χ4v) is 2.29. The molecule has 0 saturated heterocycles. The molecule has 1 aromatic heterocycles. The number of benzene rings is 1. The van der Waals surface area contributed by atoms with Gasteiger partial charge in [-0.2, -0.15) is 5.10 Å². The zero-order chi connectivity index (χ0) is 16.7. The summed E-state index contributed by atoms with van der Waals surface area (Å²) in [5.41, 5.74) is 6.80. The summed E-state index contributed by atoms with van der Waals surface area (Å²) in [7, 11) is 0. The highest BCUT2D eigenvalue weighted by molar-refractivity contribution is 5.89. The van der Waals surface area contributed by atoms with Gasteiger partial charge in [0, 0.05) is 18.7 Å². The molecule has 1 heterocycles. The molecule has 0 aliphatic heterocycles. The number of carbonyl (C=O) groups is 2. The summed E-state index contributed by atoms with van der Waals surface area (Å²) in [5.74, 6) is -0.225. The monoisotopic (exact) mass is 315 g/mol. The number of primary amides is 1. The largest absolute Gasteiger partial charge is 0.368 e. The number of amides is 3. The minimum absolute atomic E-state index is 0.0186. The maximum absolute atomic E-state index is 11.9. The van der Waals surface area contributed by atoms with Crippen LogP contribution in [-0.2, 0) is 11.3 Å². The predicted octanol–water partition coefficient (Wildman–Crippen LogP) is 1.68. The van der Waals surface area contributed by atoms with Crippen LogP contribution in [-0.4, -0.2) is 28.3 Å². The van der Waals surface area contributed by atoms with Crippen LogP contribution < -0.4 is 16.4 Å². The van der Waals surface area contributed by atoms with Crippen molar-refractivity contribution in [3.05, 3.63) is 48.3 Å². The van der Waals surface area contributed by atoms with E-state index in [9.17, 15) is 9.59 Å². The fraction of sp³-hybridized carbons (Fsp3) is 0.312. The van der Waals surface area contributed by atoms with E-state index in [4.69, 9.17) is 5.73 Å². The van der Waals surface area contributed by atoms with Gasteiger partial charge < -0.3 is 16.4 Å². The number of urea groups is 1. The second-order valence-corrected chi connectivity index (χ2v) is 5.24. The second kappa shape index (κ2) is 7.98. The standard InChI is InChI=1S/C16H21N5O2/c1-2-12(13-6-4-3-5-7-13)8-18-16(23)20-14-9-19-21(10-14)11-15(17)22/h3-7,9-10,12H,2,8,11H2,1H3,(H2,17,22)(H2,18,20,23). The van der Waals surface area contributed by atoms with E-state index in [1.807, 2.05) is 18.2 Å². The summed E-state index contributed by atoms with van der Waals surface area (Å²) in [6, 6.07) is 9.76. The molecule has 1 aromatic carbocycles. The second-order valence-electron chi connectivity index (χ2n) is 5.24.